The number of aliphatic hydroxyl groups is 1. The third-order valence-electron chi connectivity index (χ3n) is 2.55. The largest absolute Gasteiger partial charge is 0.391 e. The van der Waals surface area contributed by atoms with Gasteiger partial charge in [-0.15, -0.1) is 0 Å². The van der Waals surface area contributed by atoms with Crippen molar-refractivity contribution in [1.29, 1.82) is 0 Å². The van der Waals surface area contributed by atoms with Crippen molar-refractivity contribution in [1.82, 2.24) is 4.90 Å². The summed E-state index contributed by atoms with van der Waals surface area (Å²) in [5.74, 6) is -0.792. The SMILES string of the molecule is CC(O)C(C)(C)N1C(=O)COCC1=O. The van der Waals surface area contributed by atoms with E-state index >= 15 is 0 Å². The maximum absolute atomic E-state index is 11.4. The van der Waals surface area contributed by atoms with Crippen LogP contribution in [0.4, 0.5) is 0 Å². The minimum Gasteiger partial charge on any atom is -0.391 e. The van der Waals surface area contributed by atoms with Crippen LogP contribution in [0.2, 0.25) is 0 Å². The predicted molar refractivity (Wildman–Crippen MR) is 48.4 cm³/mol. The highest BCUT2D eigenvalue weighted by Crippen LogP contribution is 2.21. The minimum atomic E-state index is -0.877. The lowest BCUT2D eigenvalue weighted by Gasteiger charge is -2.40. The summed E-state index contributed by atoms with van der Waals surface area (Å²) in [7, 11) is 0. The number of carbonyl (C=O) groups is 2. The average molecular weight is 201 g/mol. The number of aliphatic hydroxyl groups excluding tert-OH is 1. The number of imide groups is 1. The van der Waals surface area contributed by atoms with Crippen LogP contribution in [0, 0.1) is 0 Å². The average Bonchev–Trinajstić information content (AvgIpc) is 2.02. The van der Waals surface area contributed by atoms with E-state index in [4.69, 9.17) is 4.74 Å². The van der Waals surface area contributed by atoms with Crippen LogP contribution in [0.15, 0.2) is 0 Å². The first kappa shape index (κ1) is 11.1. The fourth-order valence-electron chi connectivity index (χ4n) is 1.32. The standard InChI is InChI=1S/C9H15NO4/c1-6(11)9(2,3)10-7(12)4-14-5-8(10)13/h6,11H,4-5H2,1-3H3. The lowest BCUT2D eigenvalue weighted by molar-refractivity contribution is -0.169. The Morgan fingerprint density at radius 1 is 1.36 bits per heavy atom. The Morgan fingerprint density at radius 2 is 1.79 bits per heavy atom. The molecule has 5 heteroatoms. The zero-order valence-corrected chi connectivity index (χ0v) is 8.61. The molecule has 5 nitrogen and oxygen atoms in total. The summed E-state index contributed by atoms with van der Waals surface area (Å²) < 4.78 is 4.78. The second-order valence-corrected chi connectivity index (χ2v) is 3.95. The number of nitrogens with zero attached hydrogens (tertiary/aromatic N) is 1. The Kier molecular flexibility index (Phi) is 2.92. The Labute approximate surface area is 82.6 Å². The summed E-state index contributed by atoms with van der Waals surface area (Å²) >= 11 is 0. The van der Waals surface area contributed by atoms with E-state index in [0.29, 0.717) is 0 Å². The van der Waals surface area contributed by atoms with Gasteiger partial charge in [0, 0.05) is 0 Å². The fourth-order valence-corrected chi connectivity index (χ4v) is 1.32. The van der Waals surface area contributed by atoms with E-state index in [0.717, 1.165) is 4.90 Å². The number of carbonyl (C=O) groups excluding carboxylic acids is 2. The predicted octanol–water partition coefficient (Wildman–Crippen LogP) is -0.469. The number of hydrogen-bond donors (Lipinski definition) is 1. The van der Waals surface area contributed by atoms with Gasteiger partial charge in [-0.25, -0.2) is 0 Å². The zero-order valence-electron chi connectivity index (χ0n) is 8.61. The van der Waals surface area contributed by atoms with Gasteiger partial charge in [0.15, 0.2) is 0 Å². The van der Waals surface area contributed by atoms with Gasteiger partial charge in [-0.2, -0.15) is 0 Å². The molecule has 1 aliphatic heterocycles. The van der Waals surface area contributed by atoms with Crippen LogP contribution in [0.25, 0.3) is 0 Å². The molecule has 2 amide bonds. The van der Waals surface area contributed by atoms with Gasteiger partial charge in [-0.1, -0.05) is 0 Å². The van der Waals surface area contributed by atoms with Gasteiger partial charge >= 0.3 is 0 Å². The summed E-state index contributed by atoms with van der Waals surface area (Å²) in [4.78, 5) is 23.9. The van der Waals surface area contributed by atoms with E-state index < -0.39 is 23.5 Å². The molecule has 0 aromatic rings. The number of ether oxygens (including phenoxy) is 1. The van der Waals surface area contributed by atoms with Gasteiger partial charge in [0.05, 0.1) is 11.6 Å². The van der Waals surface area contributed by atoms with Gasteiger partial charge in [-0.05, 0) is 20.8 Å². The summed E-state index contributed by atoms with van der Waals surface area (Å²) in [6.45, 7) is 4.66. The molecule has 1 heterocycles. The van der Waals surface area contributed by atoms with Crippen molar-refractivity contribution in [3.05, 3.63) is 0 Å². The quantitative estimate of drug-likeness (QED) is 0.613. The lowest BCUT2D eigenvalue weighted by atomic mass is 9.95. The van der Waals surface area contributed by atoms with Crippen molar-refractivity contribution >= 4 is 11.8 Å². The topological polar surface area (TPSA) is 66.8 Å². The van der Waals surface area contributed by atoms with Gasteiger partial charge < -0.3 is 9.84 Å². The Morgan fingerprint density at radius 3 is 2.14 bits per heavy atom. The van der Waals surface area contributed by atoms with Crippen LogP contribution < -0.4 is 0 Å². The zero-order chi connectivity index (χ0) is 10.9. The number of amides is 2. The summed E-state index contributed by atoms with van der Waals surface area (Å²) in [6, 6.07) is 0. The highest BCUT2D eigenvalue weighted by atomic mass is 16.5. The summed E-state index contributed by atoms with van der Waals surface area (Å²) in [6.07, 6.45) is -0.770. The van der Waals surface area contributed by atoms with Gasteiger partial charge in [-0.3, -0.25) is 14.5 Å². The van der Waals surface area contributed by atoms with E-state index in [2.05, 4.69) is 0 Å². The maximum Gasteiger partial charge on any atom is 0.255 e. The molecular weight excluding hydrogens is 186 g/mol. The molecule has 1 unspecified atom stereocenters. The lowest BCUT2D eigenvalue weighted by Crippen LogP contribution is -2.60. The molecule has 1 saturated heterocycles. The molecule has 0 bridgehead atoms. The highest BCUT2D eigenvalue weighted by Gasteiger charge is 2.41. The first-order valence-electron chi connectivity index (χ1n) is 4.49. The first-order valence-corrected chi connectivity index (χ1v) is 4.49. The van der Waals surface area contributed by atoms with Gasteiger partial charge in [0.2, 0.25) is 0 Å². The molecule has 1 N–H and O–H groups in total. The van der Waals surface area contributed by atoms with Crippen LogP contribution in [-0.4, -0.2) is 46.7 Å². The third-order valence-corrected chi connectivity index (χ3v) is 2.55. The molecule has 1 atom stereocenters. The fraction of sp³-hybridized carbons (Fsp3) is 0.778. The minimum absolute atomic E-state index is 0.0953. The van der Waals surface area contributed by atoms with Crippen molar-refractivity contribution in [2.45, 2.75) is 32.4 Å². The molecule has 0 saturated carbocycles. The summed E-state index contributed by atoms with van der Waals surface area (Å²) in [5.41, 5.74) is -0.877. The number of rotatable bonds is 2. The van der Waals surface area contributed by atoms with Crippen molar-refractivity contribution in [2.75, 3.05) is 13.2 Å². The van der Waals surface area contributed by atoms with Crippen LogP contribution in [0.3, 0.4) is 0 Å². The van der Waals surface area contributed by atoms with E-state index in [1.54, 1.807) is 20.8 Å². The van der Waals surface area contributed by atoms with Crippen LogP contribution >= 0.6 is 0 Å². The monoisotopic (exact) mass is 201 g/mol. The van der Waals surface area contributed by atoms with Gasteiger partial charge in [0.25, 0.3) is 11.8 Å². The first-order chi connectivity index (χ1) is 6.37. The second-order valence-electron chi connectivity index (χ2n) is 3.95. The molecule has 0 aromatic heterocycles. The van der Waals surface area contributed by atoms with E-state index in [1.807, 2.05) is 0 Å². The molecule has 0 spiro atoms. The van der Waals surface area contributed by atoms with Crippen molar-refractivity contribution < 1.29 is 19.4 Å². The third kappa shape index (κ3) is 1.78. The number of hydrogen-bond acceptors (Lipinski definition) is 4. The molecule has 1 aliphatic rings. The molecule has 14 heavy (non-hydrogen) atoms. The van der Waals surface area contributed by atoms with Crippen LogP contribution in [0.5, 0.6) is 0 Å². The normalized spacial score (nSPS) is 21.3. The van der Waals surface area contributed by atoms with Crippen LogP contribution in [-0.2, 0) is 14.3 Å². The smallest absolute Gasteiger partial charge is 0.255 e. The molecule has 1 rings (SSSR count). The van der Waals surface area contributed by atoms with Crippen LogP contribution in [0.1, 0.15) is 20.8 Å². The van der Waals surface area contributed by atoms with E-state index in [1.165, 1.54) is 0 Å². The Bertz CT molecular complexity index is 244. The molecule has 0 radical (unpaired) electrons. The van der Waals surface area contributed by atoms with Crippen molar-refractivity contribution in [3.63, 3.8) is 0 Å². The summed E-state index contributed by atoms with van der Waals surface area (Å²) in [5, 5.41) is 9.48. The number of morpholine rings is 1. The van der Waals surface area contributed by atoms with Gasteiger partial charge in [0.1, 0.15) is 13.2 Å². The molecule has 0 aromatic carbocycles. The molecule has 1 fully saturated rings. The van der Waals surface area contributed by atoms with E-state index in [9.17, 15) is 14.7 Å². The van der Waals surface area contributed by atoms with Crippen molar-refractivity contribution in [2.24, 2.45) is 0 Å². The van der Waals surface area contributed by atoms with Crippen molar-refractivity contribution in [3.8, 4) is 0 Å². The Hall–Kier alpha value is -0.940. The highest BCUT2D eigenvalue weighted by molar-refractivity contribution is 5.99. The second kappa shape index (κ2) is 3.67. The van der Waals surface area contributed by atoms with E-state index in [-0.39, 0.29) is 13.2 Å². The maximum atomic E-state index is 11.4. The molecule has 0 aliphatic carbocycles. The molecule has 80 valence electrons. The molecular formula is C9H15NO4. The Balaban J connectivity index is 2.93.